The second-order valence-corrected chi connectivity index (χ2v) is 12.5. The van der Waals surface area contributed by atoms with Crippen molar-refractivity contribution in [3.8, 4) is 17.0 Å². The lowest BCUT2D eigenvalue weighted by atomic mass is 9.81. The van der Waals surface area contributed by atoms with Crippen LogP contribution >= 0.6 is 0 Å². The maximum absolute atomic E-state index is 12.8. The molecule has 2 heterocycles. The number of amides is 1. The van der Waals surface area contributed by atoms with Gasteiger partial charge in [0.1, 0.15) is 5.75 Å². The van der Waals surface area contributed by atoms with Crippen molar-refractivity contribution in [3.05, 3.63) is 53.1 Å². The Morgan fingerprint density at radius 1 is 1.08 bits per heavy atom. The highest BCUT2D eigenvalue weighted by atomic mass is 32.2. The molecule has 6 rings (SSSR count). The van der Waals surface area contributed by atoms with Gasteiger partial charge in [-0.2, -0.15) is 0 Å². The number of carbonyl (C=O) groups excluding carboxylic acids is 1. The Balaban J connectivity index is 0.00000151. The van der Waals surface area contributed by atoms with Crippen molar-refractivity contribution in [1.82, 2.24) is 9.29 Å². The predicted molar refractivity (Wildman–Crippen MR) is 148 cm³/mol. The number of ether oxygens (including phenoxy) is 1. The molecule has 1 aromatic heterocycles. The van der Waals surface area contributed by atoms with Crippen LogP contribution in [0.5, 0.6) is 5.75 Å². The number of nitrogens with zero attached hydrogens (tertiary/aromatic N) is 1. The summed E-state index contributed by atoms with van der Waals surface area (Å²) in [5.41, 5.74) is 4.30. The van der Waals surface area contributed by atoms with Crippen LogP contribution in [-0.2, 0) is 21.4 Å². The first-order chi connectivity index (χ1) is 18.6. The Kier molecular flexibility index (Phi) is 6.97. The third-order valence-electron chi connectivity index (χ3n) is 8.49. The largest absolute Gasteiger partial charge is 0.497 e. The Morgan fingerprint density at radius 2 is 1.79 bits per heavy atom. The van der Waals surface area contributed by atoms with Crippen LogP contribution in [0.4, 0.5) is 0 Å². The Hall–Kier alpha value is -3.37. The van der Waals surface area contributed by atoms with E-state index < -0.39 is 27.3 Å². The first-order valence-corrected chi connectivity index (χ1v) is 15.1. The van der Waals surface area contributed by atoms with E-state index in [1.165, 1.54) is 12.0 Å². The topological polar surface area (TPSA) is 135 Å². The zero-order valence-corrected chi connectivity index (χ0v) is 23.2. The van der Waals surface area contributed by atoms with E-state index >= 15 is 0 Å². The Bertz CT molecular complexity index is 1570. The van der Waals surface area contributed by atoms with E-state index in [4.69, 9.17) is 9.84 Å². The number of benzene rings is 2. The first kappa shape index (κ1) is 27.2. The number of carbonyl (C=O) groups is 2. The fourth-order valence-corrected chi connectivity index (χ4v) is 7.10. The molecule has 1 aliphatic heterocycles. The summed E-state index contributed by atoms with van der Waals surface area (Å²) in [6.45, 7) is 0.291. The van der Waals surface area contributed by atoms with Crippen molar-refractivity contribution in [3.63, 3.8) is 0 Å². The molecule has 2 atom stereocenters. The van der Waals surface area contributed by atoms with Gasteiger partial charge in [-0.1, -0.05) is 25.3 Å². The number of hydrogen-bond acceptors (Lipinski definition) is 6. The summed E-state index contributed by atoms with van der Waals surface area (Å²) in [7, 11) is -1.11. The van der Waals surface area contributed by atoms with Gasteiger partial charge in [0.05, 0.1) is 24.5 Å². The fourth-order valence-electron chi connectivity index (χ4n) is 6.65. The molecular weight excluding hydrogens is 520 g/mol. The molecule has 2 unspecified atom stereocenters. The number of aromatic nitrogens is 1. The third-order valence-corrected chi connectivity index (χ3v) is 9.04. The molecule has 9 nitrogen and oxygen atoms in total. The number of aliphatic hydroxyl groups excluding tert-OH is 1. The van der Waals surface area contributed by atoms with E-state index in [1.807, 2.05) is 29.0 Å². The normalized spacial score (nSPS) is 21.9. The van der Waals surface area contributed by atoms with Gasteiger partial charge >= 0.3 is 5.97 Å². The average Bonchev–Trinajstić information content (AvgIpc) is 3.60. The van der Waals surface area contributed by atoms with Gasteiger partial charge in [-0.05, 0) is 66.6 Å². The molecule has 3 N–H and O–H groups in total. The van der Waals surface area contributed by atoms with Gasteiger partial charge in [-0.3, -0.25) is 9.59 Å². The molecule has 2 saturated carbocycles. The number of carboxylic acids is 1. The zero-order chi connectivity index (χ0) is 28.1. The first-order valence-electron chi connectivity index (χ1n) is 13.2. The molecule has 0 spiro atoms. The molecule has 0 bridgehead atoms. The van der Waals surface area contributed by atoms with Gasteiger partial charge in [0.15, 0.2) is 0 Å². The van der Waals surface area contributed by atoms with Crippen molar-refractivity contribution in [2.24, 2.45) is 5.41 Å². The van der Waals surface area contributed by atoms with E-state index in [9.17, 15) is 23.1 Å². The molecule has 0 saturated heterocycles. The lowest BCUT2D eigenvalue weighted by Gasteiger charge is -2.24. The number of carboxylic acid groups (broad SMARTS) is 1. The highest BCUT2D eigenvalue weighted by Gasteiger charge is 2.63. The summed E-state index contributed by atoms with van der Waals surface area (Å²) in [4.78, 5) is 25.4. The highest BCUT2D eigenvalue weighted by molar-refractivity contribution is 7.89. The summed E-state index contributed by atoms with van der Waals surface area (Å²) in [5.74, 6) is -0.621. The Morgan fingerprint density at radius 3 is 2.44 bits per heavy atom. The highest BCUT2D eigenvalue weighted by Crippen LogP contribution is 2.65. The summed E-state index contributed by atoms with van der Waals surface area (Å²) < 4.78 is 33.1. The monoisotopic (exact) mass is 554 g/mol. The predicted octanol–water partition coefficient (Wildman–Crippen LogP) is 4.23. The minimum absolute atomic E-state index is 0.124. The van der Waals surface area contributed by atoms with Crippen LogP contribution in [0.2, 0.25) is 0 Å². The van der Waals surface area contributed by atoms with Crippen LogP contribution in [0.1, 0.15) is 71.8 Å². The average molecular weight is 555 g/mol. The van der Waals surface area contributed by atoms with Gasteiger partial charge in [-0.25, -0.2) is 13.1 Å². The van der Waals surface area contributed by atoms with E-state index in [2.05, 4.69) is 4.57 Å². The number of fused-ring (bicyclic) bond motifs is 7. The number of sulfonamides is 1. The number of methoxy groups -OCH3 is 1. The number of aliphatic carboxylic acids is 1. The third kappa shape index (κ3) is 4.59. The molecule has 10 heteroatoms. The summed E-state index contributed by atoms with van der Waals surface area (Å²) in [6.07, 6.45) is 7.09. The van der Waals surface area contributed by atoms with Crippen molar-refractivity contribution < 1.29 is 33.0 Å². The minimum atomic E-state index is -3.73. The van der Waals surface area contributed by atoms with Crippen molar-refractivity contribution in [2.45, 2.75) is 56.9 Å². The molecule has 2 aromatic carbocycles. The molecule has 3 aliphatic rings. The molecule has 1 amide bonds. The number of nitrogens with one attached hydrogen (secondary N) is 1. The SMILES string of the molecule is CO.COc1ccc2c(c1)C1CC1(C(=O)O)Cn1c-2c(C2CCCCC2)c2ccc(C(=O)NS(C)(=O)=O)cc21. The fraction of sp³-hybridized carbons (Fsp3) is 0.448. The van der Waals surface area contributed by atoms with E-state index in [0.29, 0.717) is 24.6 Å². The summed E-state index contributed by atoms with van der Waals surface area (Å²) in [5, 5.41) is 18.4. The number of hydrogen-bond donors (Lipinski definition) is 3. The van der Waals surface area contributed by atoms with Gasteiger partial charge < -0.3 is 19.5 Å². The van der Waals surface area contributed by atoms with E-state index in [1.54, 1.807) is 19.2 Å². The van der Waals surface area contributed by atoms with Gasteiger partial charge in [-0.15, -0.1) is 0 Å². The van der Waals surface area contributed by atoms with E-state index in [-0.39, 0.29) is 11.5 Å². The smallest absolute Gasteiger partial charge is 0.312 e. The molecule has 39 heavy (non-hydrogen) atoms. The number of rotatable bonds is 5. The van der Waals surface area contributed by atoms with Crippen LogP contribution in [-0.4, -0.2) is 55.5 Å². The molecular formula is C29H34N2O7S. The zero-order valence-electron chi connectivity index (χ0n) is 22.4. The van der Waals surface area contributed by atoms with Crippen LogP contribution < -0.4 is 9.46 Å². The number of aliphatic hydroxyl groups is 1. The van der Waals surface area contributed by atoms with Crippen LogP contribution in [0, 0.1) is 5.41 Å². The standard InChI is InChI=1S/C28H30N2O6S.CH4O/c1-36-18-9-11-19-21(13-18)22-14-28(22,27(32)33)15-30-23-12-17(26(31)29-37(2,34)35)8-10-20(23)24(25(19)30)16-6-4-3-5-7-16;1-2/h8-13,16,22H,3-7,14-15H2,1-2H3,(H,29,31)(H,32,33);2H,1H3. The van der Waals surface area contributed by atoms with Crippen LogP contribution in [0.15, 0.2) is 36.4 Å². The lowest BCUT2D eigenvalue weighted by Crippen LogP contribution is -2.29. The summed E-state index contributed by atoms with van der Waals surface area (Å²) in [6, 6.07) is 11.2. The molecule has 3 aromatic rings. The van der Waals surface area contributed by atoms with Crippen LogP contribution in [0.3, 0.4) is 0 Å². The second kappa shape index (κ2) is 9.98. The van der Waals surface area contributed by atoms with Gasteiger partial charge in [0.25, 0.3) is 5.91 Å². The van der Waals surface area contributed by atoms with Gasteiger partial charge in [0, 0.05) is 41.6 Å². The van der Waals surface area contributed by atoms with Crippen LogP contribution in [0.25, 0.3) is 22.2 Å². The second-order valence-electron chi connectivity index (χ2n) is 10.8. The summed E-state index contributed by atoms with van der Waals surface area (Å²) >= 11 is 0. The lowest BCUT2D eigenvalue weighted by molar-refractivity contribution is -0.144. The molecule has 0 radical (unpaired) electrons. The quantitative estimate of drug-likeness (QED) is 0.429. The maximum Gasteiger partial charge on any atom is 0.312 e. The molecule has 208 valence electrons. The Labute approximate surface area is 227 Å². The maximum atomic E-state index is 12.8. The van der Waals surface area contributed by atoms with E-state index in [0.717, 1.165) is 66.8 Å². The van der Waals surface area contributed by atoms with Crippen molar-refractivity contribution in [2.75, 3.05) is 20.5 Å². The minimum Gasteiger partial charge on any atom is -0.497 e. The van der Waals surface area contributed by atoms with Crippen molar-refractivity contribution in [1.29, 1.82) is 0 Å². The van der Waals surface area contributed by atoms with Gasteiger partial charge in [0.2, 0.25) is 10.0 Å². The molecule has 2 aliphatic carbocycles. The molecule has 2 fully saturated rings. The van der Waals surface area contributed by atoms with Crippen molar-refractivity contribution >= 4 is 32.8 Å².